The summed E-state index contributed by atoms with van der Waals surface area (Å²) in [7, 11) is 0. The van der Waals surface area contributed by atoms with Gasteiger partial charge < -0.3 is 0 Å². The number of hydrogen-bond donors (Lipinski definition) is 0. The first-order valence-electron chi connectivity index (χ1n) is 5.63. The topological polar surface area (TPSA) is 17.3 Å². The SMILES string of the molecule is ClCC=Cc1c(-c2ccccc2)nc2sccn12. The molecule has 2 aromatic heterocycles. The number of allylic oxidation sites excluding steroid dienone is 1. The molecule has 0 aliphatic rings. The average Bonchev–Trinajstić information content (AvgIpc) is 2.98. The van der Waals surface area contributed by atoms with E-state index in [0.717, 1.165) is 21.9 Å². The first kappa shape index (κ1) is 11.5. The van der Waals surface area contributed by atoms with Crippen LogP contribution in [0.15, 0.2) is 48.0 Å². The molecule has 0 aliphatic heterocycles. The molecule has 2 heterocycles. The van der Waals surface area contributed by atoms with E-state index in [1.807, 2.05) is 41.9 Å². The zero-order valence-electron chi connectivity index (χ0n) is 9.58. The standard InChI is InChI=1S/C14H11ClN2S/c15-8-4-7-12-13(11-5-2-1-3-6-11)16-14-17(12)9-10-18-14/h1-7,9-10H,8H2. The van der Waals surface area contributed by atoms with Crippen molar-refractivity contribution in [1.82, 2.24) is 9.38 Å². The second-order valence-electron chi connectivity index (χ2n) is 3.82. The molecular formula is C14H11ClN2S. The molecule has 18 heavy (non-hydrogen) atoms. The van der Waals surface area contributed by atoms with Gasteiger partial charge in [0.05, 0.1) is 11.4 Å². The van der Waals surface area contributed by atoms with Gasteiger partial charge in [0, 0.05) is 23.0 Å². The average molecular weight is 275 g/mol. The second kappa shape index (κ2) is 4.96. The van der Waals surface area contributed by atoms with E-state index in [1.165, 1.54) is 0 Å². The number of benzene rings is 1. The van der Waals surface area contributed by atoms with E-state index < -0.39 is 0 Å². The first-order chi connectivity index (χ1) is 8.90. The molecule has 0 spiro atoms. The van der Waals surface area contributed by atoms with Crippen molar-refractivity contribution in [3.8, 4) is 11.3 Å². The van der Waals surface area contributed by atoms with Crippen LogP contribution in [-0.2, 0) is 0 Å². The second-order valence-corrected chi connectivity index (χ2v) is 5.01. The van der Waals surface area contributed by atoms with Crippen molar-refractivity contribution in [2.75, 3.05) is 5.88 Å². The molecule has 0 amide bonds. The van der Waals surface area contributed by atoms with Crippen molar-refractivity contribution in [3.63, 3.8) is 0 Å². The van der Waals surface area contributed by atoms with Crippen molar-refractivity contribution in [1.29, 1.82) is 0 Å². The van der Waals surface area contributed by atoms with E-state index in [4.69, 9.17) is 11.6 Å². The molecule has 0 aliphatic carbocycles. The maximum atomic E-state index is 5.73. The van der Waals surface area contributed by atoms with Crippen molar-refractivity contribution in [3.05, 3.63) is 53.7 Å². The molecule has 2 nitrogen and oxygen atoms in total. The Labute approximate surface area is 114 Å². The normalized spacial score (nSPS) is 11.6. The third kappa shape index (κ3) is 1.96. The van der Waals surface area contributed by atoms with Gasteiger partial charge in [-0.25, -0.2) is 4.98 Å². The number of imidazole rings is 1. The molecule has 4 heteroatoms. The molecular weight excluding hydrogens is 264 g/mol. The summed E-state index contributed by atoms with van der Waals surface area (Å²) in [6.07, 6.45) is 6.00. The molecule has 3 aromatic rings. The van der Waals surface area contributed by atoms with Gasteiger partial charge in [0.2, 0.25) is 0 Å². The molecule has 0 radical (unpaired) electrons. The molecule has 0 unspecified atom stereocenters. The predicted molar refractivity (Wildman–Crippen MR) is 78.3 cm³/mol. The molecule has 90 valence electrons. The molecule has 1 aromatic carbocycles. The van der Waals surface area contributed by atoms with Gasteiger partial charge in [-0.05, 0) is 6.08 Å². The fraction of sp³-hybridized carbons (Fsp3) is 0.0714. The Morgan fingerprint density at radius 3 is 2.89 bits per heavy atom. The lowest BCUT2D eigenvalue weighted by Gasteiger charge is -1.99. The summed E-state index contributed by atoms with van der Waals surface area (Å²) in [5.41, 5.74) is 3.21. The van der Waals surface area contributed by atoms with Crippen LogP contribution < -0.4 is 0 Å². The summed E-state index contributed by atoms with van der Waals surface area (Å²) in [5.74, 6) is 0.506. The monoisotopic (exact) mass is 274 g/mol. The highest BCUT2D eigenvalue weighted by atomic mass is 35.5. The van der Waals surface area contributed by atoms with Crippen molar-refractivity contribution in [2.45, 2.75) is 0 Å². The number of halogens is 1. The fourth-order valence-electron chi connectivity index (χ4n) is 1.93. The molecule has 3 rings (SSSR count). The number of aromatic nitrogens is 2. The van der Waals surface area contributed by atoms with Crippen LogP contribution in [-0.4, -0.2) is 15.3 Å². The lowest BCUT2D eigenvalue weighted by Crippen LogP contribution is -1.85. The highest BCUT2D eigenvalue weighted by molar-refractivity contribution is 7.15. The highest BCUT2D eigenvalue weighted by Crippen LogP contribution is 2.27. The summed E-state index contributed by atoms with van der Waals surface area (Å²) in [5, 5.41) is 2.04. The van der Waals surface area contributed by atoms with E-state index >= 15 is 0 Å². The maximum absolute atomic E-state index is 5.73. The van der Waals surface area contributed by atoms with Crippen molar-refractivity contribution >= 4 is 34.0 Å². The van der Waals surface area contributed by atoms with Crippen LogP contribution >= 0.6 is 22.9 Å². The van der Waals surface area contributed by atoms with Gasteiger partial charge >= 0.3 is 0 Å². The zero-order chi connectivity index (χ0) is 12.4. The smallest absolute Gasteiger partial charge is 0.194 e. The summed E-state index contributed by atoms with van der Waals surface area (Å²) in [4.78, 5) is 5.69. The lowest BCUT2D eigenvalue weighted by molar-refractivity contribution is 1.21. The summed E-state index contributed by atoms with van der Waals surface area (Å²) in [6, 6.07) is 10.2. The third-order valence-electron chi connectivity index (χ3n) is 2.71. The minimum Gasteiger partial charge on any atom is -0.290 e. The van der Waals surface area contributed by atoms with E-state index in [1.54, 1.807) is 11.3 Å². The van der Waals surface area contributed by atoms with Gasteiger partial charge in [0.25, 0.3) is 0 Å². The number of fused-ring (bicyclic) bond motifs is 1. The highest BCUT2D eigenvalue weighted by Gasteiger charge is 2.11. The van der Waals surface area contributed by atoms with Crippen LogP contribution in [0.3, 0.4) is 0 Å². The van der Waals surface area contributed by atoms with Gasteiger partial charge in [0.1, 0.15) is 0 Å². The Hall–Kier alpha value is -1.58. The number of thiazole rings is 1. The molecule has 0 N–H and O–H groups in total. The molecule has 0 saturated heterocycles. The largest absolute Gasteiger partial charge is 0.290 e. The molecule has 0 bridgehead atoms. The van der Waals surface area contributed by atoms with Gasteiger partial charge in [-0.3, -0.25) is 4.40 Å². The van der Waals surface area contributed by atoms with Gasteiger partial charge in [-0.2, -0.15) is 0 Å². The number of nitrogens with zero attached hydrogens (tertiary/aromatic N) is 2. The number of hydrogen-bond acceptors (Lipinski definition) is 2. The van der Waals surface area contributed by atoms with Crippen LogP contribution in [0.25, 0.3) is 22.3 Å². The van der Waals surface area contributed by atoms with Crippen LogP contribution in [0, 0.1) is 0 Å². The summed E-state index contributed by atoms with van der Waals surface area (Å²) < 4.78 is 2.09. The summed E-state index contributed by atoms with van der Waals surface area (Å²) in [6.45, 7) is 0. The van der Waals surface area contributed by atoms with E-state index in [0.29, 0.717) is 5.88 Å². The molecule has 0 saturated carbocycles. The Morgan fingerprint density at radius 2 is 2.11 bits per heavy atom. The Bertz CT molecular complexity index is 682. The van der Waals surface area contributed by atoms with Crippen LogP contribution in [0.5, 0.6) is 0 Å². The van der Waals surface area contributed by atoms with Crippen LogP contribution in [0.1, 0.15) is 5.69 Å². The molecule has 0 fully saturated rings. The van der Waals surface area contributed by atoms with Gasteiger partial charge in [-0.15, -0.1) is 22.9 Å². The van der Waals surface area contributed by atoms with E-state index in [2.05, 4.69) is 21.5 Å². The Balaban J connectivity index is 2.22. The predicted octanol–water partition coefficient (Wildman–Crippen LogP) is 4.31. The quantitative estimate of drug-likeness (QED) is 0.651. The Kier molecular flexibility index (Phi) is 3.17. The minimum absolute atomic E-state index is 0.506. The summed E-state index contributed by atoms with van der Waals surface area (Å²) >= 11 is 7.36. The number of alkyl halides is 1. The fourth-order valence-corrected chi connectivity index (χ4v) is 2.74. The Morgan fingerprint density at radius 1 is 1.28 bits per heavy atom. The maximum Gasteiger partial charge on any atom is 0.194 e. The van der Waals surface area contributed by atoms with Crippen LogP contribution in [0.2, 0.25) is 0 Å². The lowest BCUT2D eigenvalue weighted by atomic mass is 10.1. The molecule has 0 atom stereocenters. The van der Waals surface area contributed by atoms with Crippen LogP contribution in [0.4, 0.5) is 0 Å². The van der Waals surface area contributed by atoms with E-state index in [-0.39, 0.29) is 0 Å². The van der Waals surface area contributed by atoms with Crippen molar-refractivity contribution in [2.24, 2.45) is 0 Å². The first-order valence-corrected chi connectivity index (χ1v) is 7.05. The van der Waals surface area contributed by atoms with E-state index in [9.17, 15) is 0 Å². The zero-order valence-corrected chi connectivity index (χ0v) is 11.2. The van der Waals surface area contributed by atoms with Gasteiger partial charge in [-0.1, -0.05) is 36.4 Å². The van der Waals surface area contributed by atoms with Crippen molar-refractivity contribution < 1.29 is 0 Å². The van der Waals surface area contributed by atoms with Gasteiger partial charge in [0.15, 0.2) is 4.96 Å². The number of rotatable bonds is 3. The third-order valence-corrected chi connectivity index (χ3v) is 3.65. The minimum atomic E-state index is 0.506.